The molecule has 5 nitrogen and oxygen atoms in total. The first-order chi connectivity index (χ1) is 9.57. The topological polar surface area (TPSA) is 81.0 Å². The number of unbranched alkanes of at least 4 members (excludes halogenated alkanes) is 7. The van der Waals surface area contributed by atoms with Gasteiger partial charge in [-0.05, 0) is 6.42 Å². The standard InChI is InChI=1S/C15H29NO4/c1-2-3-4-5-6-7-8-9-10-16-11-12(17)13(18)14(19)15(16)20/h12-14,17-19H,2-11H2,1H3/t12-,13-,14+/m1/s1. The zero-order valence-corrected chi connectivity index (χ0v) is 12.5. The van der Waals surface area contributed by atoms with Crippen molar-refractivity contribution in [2.24, 2.45) is 0 Å². The van der Waals surface area contributed by atoms with E-state index in [1.807, 2.05) is 0 Å². The molecule has 0 unspecified atom stereocenters. The highest BCUT2D eigenvalue weighted by atomic mass is 16.4. The molecule has 0 aromatic heterocycles. The van der Waals surface area contributed by atoms with E-state index < -0.39 is 24.2 Å². The molecule has 5 heteroatoms. The molecule has 3 atom stereocenters. The van der Waals surface area contributed by atoms with Crippen LogP contribution in [0.1, 0.15) is 58.3 Å². The minimum atomic E-state index is -1.48. The van der Waals surface area contributed by atoms with Crippen molar-refractivity contribution < 1.29 is 20.1 Å². The maximum Gasteiger partial charge on any atom is 0.254 e. The minimum Gasteiger partial charge on any atom is -0.388 e. The fraction of sp³-hybridized carbons (Fsp3) is 0.933. The average molecular weight is 287 g/mol. The van der Waals surface area contributed by atoms with Crippen LogP contribution in [-0.2, 0) is 4.79 Å². The molecule has 0 aliphatic carbocycles. The summed E-state index contributed by atoms with van der Waals surface area (Å²) in [5.74, 6) is -0.467. The maximum atomic E-state index is 11.7. The molecule has 1 fully saturated rings. The second-order valence-electron chi connectivity index (χ2n) is 5.76. The summed E-state index contributed by atoms with van der Waals surface area (Å²) in [5, 5.41) is 28.5. The van der Waals surface area contributed by atoms with E-state index in [0.717, 1.165) is 12.8 Å². The summed E-state index contributed by atoms with van der Waals surface area (Å²) in [5.41, 5.74) is 0. The quantitative estimate of drug-likeness (QED) is 0.554. The van der Waals surface area contributed by atoms with E-state index in [4.69, 9.17) is 0 Å². The van der Waals surface area contributed by atoms with Gasteiger partial charge < -0.3 is 20.2 Å². The number of aliphatic hydroxyl groups is 3. The van der Waals surface area contributed by atoms with Crippen molar-refractivity contribution in [3.63, 3.8) is 0 Å². The molecule has 0 spiro atoms. The van der Waals surface area contributed by atoms with Crippen molar-refractivity contribution in [1.29, 1.82) is 0 Å². The van der Waals surface area contributed by atoms with Crippen molar-refractivity contribution in [3.05, 3.63) is 0 Å². The van der Waals surface area contributed by atoms with E-state index in [9.17, 15) is 20.1 Å². The number of likely N-dealkylation sites (tertiary alicyclic amines) is 1. The first-order valence-electron chi connectivity index (χ1n) is 7.91. The number of carbonyl (C=O) groups is 1. The molecule has 1 saturated heterocycles. The molecular formula is C15H29NO4. The molecule has 1 heterocycles. The Bertz CT molecular complexity index is 285. The Labute approximate surface area is 121 Å². The van der Waals surface area contributed by atoms with Gasteiger partial charge in [0.25, 0.3) is 5.91 Å². The summed E-state index contributed by atoms with van der Waals surface area (Å²) in [6.45, 7) is 2.87. The second kappa shape index (κ2) is 9.32. The summed E-state index contributed by atoms with van der Waals surface area (Å²) in [4.78, 5) is 13.2. The number of hydrogen-bond donors (Lipinski definition) is 3. The Kier molecular flexibility index (Phi) is 8.11. The summed E-state index contributed by atoms with van der Waals surface area (Å²) >= 11 is 0. The van der Waals surface area contributed by atoms with Crippen LogP contribution < -0.4 is 0 Å². The molecule has 1 rings (SSSR count). The van der Waals surface area contributed by atoms with E-state index in [0.29, 0.717) is 6.54 Å². The molecule has 118 valence electrons. The molecule has 3 N–H and O–H groups in total. The Morgan fingerprint density at radius 2 is 1.55 bits per heavy atom. The molecular weight excluding hydrogens is 258 g/mol. The lowest BCUT2D eigenvalue weighted by Crippen LogP contribution is -2.58. The molecule has 20 heavy (non-hydrogen) atoms. The first-order valence-corrected chi connectivity index (χ1v) is 7.91. The van der Waals surface area contributed by atoms with Gasteiger partial charge in [-0.1, -0.05) is 51.9 Å². The van der Waals surface area contributed by atoms with Crippen LogP contribution in [0.15, 0.2) is 0 Å². The lowest BCUT2D eigenvalue weighted by Gasteiger charge is -2.36. The Morgan fingerprint density at radius 3 is 2.15 bits per heavy atom. The minimum absolute atomic E-state index is 0.119. The number of aliphatic hydroxyl groups excluding tert-OH is 3. The lowest BCUT2D eigenvalue weighted by atomic mass is 10.0. The first kappa shape index (κ1) is 17.4. The second-order valence-corrected chi connectivity index (χ2v) is 5.76. The molecule has 0 aromatic rings. The number of rotatable bonds is 9. The van der Waals surface area contributed by atoms with Gasteiger partial charge in [-0.2, -0.15) is 0 Å². The SMILES string of the molecule is CCCCCCCCCCN1C[C@@H](O)[C@@H](O)[C@H](O)C1=O. The van der Waals surface area contributed by atoms with Crippen molar-refractivity contribution in [1.82, 2.24) is 4.90 Å². The van der Waals surface area contributed by atoms with Crippen molar-refractivity contribution in [2.75, 3.05) is 13.1 Å². The van der Waals surface area contributed by atoms with Crippen molar-refractivity contribution in [3.8, 4) is 0 Å². The predicted molar refractivity (Wildman–Crippen MR) is 77.2 cm³/mol. The zero-order valence-electron chi connectivity index (χ0n) is 12.5. The number of β-amino-alcohol motifs (C(OH)–C–C–N with tert-alkyl or cyclic N) is 1. The van der Waals surface area contributed by atoms with E-state index in [-0.39, 0.29) is 6.54 Å². The third-order valence-electron chi connectivity index (χ3n) is 3.97. The van der Waals surface area contributed by atoms with E-state index >= 15 is 0 Å². The largest absolute Gasteiger partial charge is 0.388 e. The van der Waals surface area contributed by atoms with Crippen LogP contribution in [0.3, 0.4) is 0 Å². The summed E-state index contributed by atoms with van der Waals surface area (Å²) in [6.07, 6.45) is 5.62. The third kappa shape index (κ3) is 5.38. The van der Waals surface area contributed by atoms with Crippen molar-refractivity contribution in [2.45, 2.75) is 76.6 Å². The maximum absolute atomic E-state index is 11.7. The monoisotopic (exact) mass is 287 g/mol. The van der Waals surface area contributed by atoms with Crippen molar-refractivity contribution >= 4 is 5.91 Å². The van der Waals surface area contributed by atoms with E-state index in [2.05, 4.69) is 6.92 Å². The van der Waals surface area contributed by atoms with E-state index in [1.165, 1.54) is 43.4 Å². The van der Waals surface area contributed by atoms with Gasteiger partial charge >= 0.3 is 0 Å². The highest BCUT2D eigenvalue weighted by molar-refractivity contribution is 5.82. The van der Waals surface area contributed by atoms with Crippen LogP contribution in [0.2, 0.25) is 0 Å². The number of amides is 1. The van der Waals surface area contributed by atoms with Gasteiger partial charge in [-0.15, -0.1) is 0 Å². The summed E-state index contributed by atoms with van der Waals surface area (Å²) in [6, 6.07) is 0. The average Bonchev–Trinajstić information content (AvgIpc) is 2.44. The number of hydrogen-bond acceptors (Lipinski definition) is 4. The normalized spacial score (nSPS) is 27.1. The zero-order chi connectivity index (χ0) is 15.0. The number of carbonyl (C=O) groups excluding carboxylic acids is 1. The van der Waals surface area contributed by atoms with Gasteiger partial charge in [0.15, 0.2) is 6.10 Å². The molecule has 0 radical (unpaired) electrons. The predicted octanol–water partition coefficient (Wildman–Crippen LogP) is 1.05. The molecule has 0 saturated carbocycles. The third-order valence-corrected chi connectivity index (χ3v) is 3.97. The van der Waals surface area contributed by atoms with Gasteiger partial charge in [0.05, 0.1) is 0 Å². The summed E-state index contributed by atoms with van der Waals surface area (Å²) < 4.78 is 0. The Balaban J connectivity index is 2.11. The number of nitrogens with zero attached hydrogens (tertiary/aromatic N) is 1. The number of piperidine rings is 1. The van der Waals surface area contributed by atoms with Crippen LogP contribution >= 0.6 is 0 Å². The molecule has 0 aromatic carbocycles. The lowest BCUT2D eigenvalue weighted by molar-refractivity contribution is -0.165. The summed E-state index contributed by atoms with van der Waals surface area (Å²) in [7, 11) is 0. The van der Waals surface area contributed by atoms with Gasteiger partial charge in [-0.25, -0.2) is 0 Å². The molecule has 1 aliphatic heterocycles. The van der Waals surface area contributed by atoms with Gasteiger partial charge in [-0.3, -0.25) is 4.79 Å². The molecule has 0 bridgehead atoms. The molecule has 1 aliphatic rings. The van der Waals surface area contributed by atoms with Crippen LogP contribution in [0.5, 0.6) is 0 Å². The van der Waals surface area contributed by atoms with Crippen LogP contribution in [0, 0.1) is 0 Å². The fourth-order valence-electron chi connectivity index (χ4n) is 2.61. The fourth-order valence-corrected chi connectivity index (χ4v) is 2.61. The van der Waals surface area contributed by atoms with Crippen LogP contribution in [-0.4, -0.2) is 57.5 Å². The highest BCUT2D eigenvalue weighted by Crippen LogP contribution is 2.15. The highest BCUT2D eigenvalue weighted by Gasteiger charge is 2.39. The Hall–Kier alpha value is -0.650. The van der Waals surface area contributed by atoms with Gasteiger partial charge in [0, 0.05) is 13.1 Å². The Morgan fingerprint density at radius 1 is 1.00 bits per heavy atom. The smallest absolute Gasteiger partial charge is 0.254 e. The van der Waals surface area contributed by atoms with Crippen LogP contribution in [0.25, 0.3) is 0 Å². The van der Waals surface area contributed by atoms with E-state index in [1.54, 1.807) is 0 Å². The van der Waals surface area contributed by atoms with Gasteiger partial charge in [0.2, 0.25) is 0 Å². The van der Waals surface area contributed by atoms with Gasteiger partial charge in [0.1, 0.15) is 12.2 Å². The van der Waals surface area contributed by atoms with Crippen LogP contribution in [0.4, 0.5) is 0 Å². The molecule has 1 amide bonds.